The molecule has 448 valence electrons. The molecule has 0 saturated heterocycles. The van der Waals surface area contributed by atoms with Crippen molar-refractivity contribution in [2.24, 2.45) is 0 Å². The van der Waals surface area contributed by atoms with Gasteiger partial charge in [0, 0.05) is 106 Å². The summed E-state index contributed by atoms with van der Waals surface area (Å²) in [6, 6.07) is 116. The molecule has 22 aromatic rings. The number of benzene rings is 14. The number of hydrogen-bond donors (Lipinski definition) is 0. The van der Waals surface area contributed by atoms with Gasteiger partial charge in [-0.2, -0.15) is 0 Å². The van der Waals surface area contributed by atoms with Crippen LogP contribution >= 0.6 is 45.3 Å². The van der Waals surface area contributed by atoms with Gasteiger partial charge in [0.15, 0.2) is 0 Å². The molecular weight excluding hydrogens is 1240 g/mol. The average molecular weight is 1290 g/mol. The van der Waals surface area contributed by atoms with Crippen molar-refractivity contribution in [3.8, 4) is 45.0 Å². The monoisotopic (exact) mass is 1290 g/mol. The Hall–Kier alpha value is -11.4. The Morgan fingerprint density at radius 2 is 0.354 bits per heavy atom. The van der Waals surface area contributed by atoms with E-state index in [0.717, 1.165) is 0 Å². The fourth-order valence-corrected chi connectivity index (χ4v) is 21.0. The topological polar surface area (TPSA) is 19.7 Å². The molecule has 96 heavy (non-hydrogen) atoms. The van der Waals surface area contributed by atoms with Gasteiger partial charge in [-0.3, -0.25) is 0 Å². The van der Waals surface area contributed by atoms with Crippen molar-refractivity contribution >= 4 is 192 Å². The Morgan fingerprint density at radius 3 is 0.615 bits per heavy atom. The van der Waals surface area contributed by atoms with Crippen LogP contribution in [-0.4, -0.2) is 18.3 Å². The number of nitrogens with zero attached hydrogens (tertiary/aromatic N) is 4. The summed E-state index contributed by atoms with van der Waals surface area (Å²) in [5.74, 6) is 0. The average Bonchev–Trinajstić information content (AvgIpc) is 1.60. The third-order valence-corrected chi connectivity index (χ3v) is 24.9. The van der Waals surface area contributed by atoms with Gasteiger partial charge in [0.2, 0.25) is 0 Å². The molecule has 0 aliphatic heterocycles. The van der Waals surface area contributed by atoms with E-state index in [4.69, 9.17) is 0 Å². The van der Waals surface area contributed by atoms with Crippen LogP contribution in [-0.2, 0) is 0 Å². The second kappa shape index (κ2) is 21.1. The van der Waals surface area contributed by atoms with Gasteiger partial charge in [-0.25, -0.2) is 0 Å². The third-order valence-electron chi connectivity index (χ3n) is 19.9. The highest BCUT2D eigenvalue weighted by molar-refractivity contribution is 7.37. The van der Waals surface area contributed by atoms with Crippen molar-refractivity contribution in [3.05, 3.63) is 315 Å². The van der Waals surface area contributed by atoms with Gasteiger partial charge in [-0.05, 0) is 131 Å². The van der Waals surface area contributed by atoms with E-state index in [1.54, 1.807) is 0 Å². The van der Waals surface area contributed by atoms with Gasteiger partial charge >= 0.3 is 0 Å². The van der Waals surface area contributed by atoms with Crippen LogP contribution in [0.4, 0.5) is 0 Å². The van der Waals surface area contributed by atoms with Crippen LogP contribution in [0.2, 0.25) is 0 Å². The zero-order valence-electron chi connectivity index (χ0n) is 51.4. The Balaban J connectivity index is 0.000000131. The van der Waals surface area contributed by atoms with Crippen LogP contribution in [0.15, 0.2) is 315 Å². The van der Waals surface area contributed by atoms with Crippen molar-refractivity contribution in [2.45, 2.75) is 0 Å². The van der Waals surface area contributed by atoms with Gasteiger partial charge in [-0.1, -0.05) is 206 Å². The van der Waals surface area contributed by atoms with Gasteiger partial charge in [0.05, 0.1) is 62.9 Å². The number of aromatic nitrogens is 4. The smallest absolute Gasteiger partial charge is 0.0542 e. The normalized spacial score (nSPS) is 12.2. The Labute approximate surface area is 566 Å². The Bertz CT molecular complexity index is 6320. The maximum absolute atomic E-state index is 2.41. The van der Waals surface area contributed by atoms with Crippen LogP contribution < -0.4 is 0 Å². The molecule has 0 fully saturated rings. The summed E-state index contributed by atoms with van der Waals surface area (Å²) in [4.78, 5) is 0. The lowest BCUT2D eigenvalue weighted by Crippen LogP contribution is -1.93. The highest BCUT2D eigenvalue weighted by Gasteiger charge is 2.21. The van der Waals surface area contributed by atoms with Gasteiger partial charge in [0.1, 0.15) is 0 Å². The second-order valence-corrected chi connectivity index (χ2v) is 29.3. The Kier molecular flexibility index (Phi) is 11.9. The van der Waals surface area contributed by atoms with Gasteiger partial charge in [0.25, 0.3) is 0 Å². The fourth-order valence-electron chi connectivity index (χ4n) is 15.5. The van der Waals surface area contributed by atoms with Crippen LogP contribution in [0.25, 0.3) is 191 Å². The molecule has 22 rings (SSSR count). The van der Waals surface area contributed by atoms with Crippen molar-refractivity contribution in [1.82, 2.24) is 18.3 Å². The number of fused-ring (bicyclic) bond motifs is 22. The lowest BCUT2D eigenvalue weighted by atomic mass is 10.0. The first-order valence-electron chi connectivity index (χ1n) is 32.5. The number of thiophene rings is 4. The minimum absolute atomic E-state index is 1.18. The molecule has 0 saturated carbocycles. The molecule has 0 radical (unpaired) electrons. The highest BCUT2D eigenvalue weighted by Crippen LogP contribution is 2.49. The van der Waals surface area contributed by atoms with E-state index in [1.165, 1.54) is 191 Å². The first kappa shape index (κ1) is 54.1. The van der Waals surface area contributed by atoms with E-state index in [0.29, 0.717) is 0 Å². The summed E-state index contributed by atoms with van der Waals surface area (Å²) >= 11 is 7.67. The van der Waals surface area contributed by atoms with Crippen molar-refractivity contribution in [3.63, 3.8) is 0 Å². The summed E-state index contributed by atoms with van der Waals surface area (Å²) < 4.78 is 20.5. The lowest BCUT2D eigenvalue weighted by molar-refractivity contribution is 1.18. The van der Waals surface area contributed by atoms with Crippen molar-refractivity contribution in [2.75, 3.05) is 0 Å². The number of hydrogen-bond acceptors (Lipinski definition) is 4. The molecule has 8 heterocycles. The summed E-state index contributed by atoms with van der Waals surface area (Å²) in [6.45, 7) is 0. The number of para-hydroxylation sites is 8. The first-order chi connectivity index (χ1) is 47.6. The van der Waals surface area contributed by atoms with E-state index in [9.17, 15) is 0 Å². The predicted octanol–water partition coefficient (Wildman–Crippen LogP) is 26.3. The first-order valence-corrected chi connectivity index (χ1v) is 35.8. The number of rotatable bonds is 6. The summed E-state index contributed by atoms with van der Waals surface area (Å²) in [6.07, 6.45) is 0. The predicted molar refractivity (Wildman–Crippen MR) is 418 cm³/mol. The van der Waals surface area contributed by atoms with Crippen LogP contribution in [0.1, 0.15) is 0 Å². The van der Waals surface area contributed by atoms with Gasteiger partial charge in [-0.15, -0.1) is 45.3 Å². The summed E-state index contributed by atoms with van der Waals surface area (Å²) in [5.41, 5.74) is 19.7. The van der Waals surface area contributed by atoms with E-state index >= 15 is 0 Å². The standard InChI is InChI=1S/C50H30N2S2.C38H22N2S2/c1-5-13-43-37(9-1)38-10-2-6-14-44(38)51(43)35-23-17-31(18-24-35)33-21-27-41-47(29-33)53-50-42-28-22-34(30-48(42)54-49(41)50)32-19-25-36(26-20-32)52-45-15-7-3-11-39(45)40-12-4-8-16-46(40)52;1-5-13-31-25(9-1)26-10-2-6-14-32(26)39(31)23-17-19-29-35(21-23)41-38-30-20-18-24(22-36(30)42-37(29)38)40-33-15-7-3-11-27(33)28-12-4-8-16-34(28)40/h1-30H;1-22H. The molecule has 0 amide bonds. The molecule has 8 aromatic heterocycles. The largest absolute Gasteiger partial charge is 0.309 e. The Morgan fingerprint density at radius 1 is 0.156 bits per heavy atom. The van der Waals surface area contributed by atoms with E-state index in [-0.39, 0.29) is 0 Å². The third kappa shape index (κ3) is 8.11. The molecule has 0 spiro atoms. The maximum Gasteiger partial charge on any atom is 0.0542 e. The summed E-state index contributed by atoms with van der Waals surface area (Å²) in [5, 5.41) is 15.7. The summed E-state index contributed by atoms with van der Waals surface area (Å²) in [7, 11) is 0. The molecule has 4 nitrogen and oxygen atoms in total. The highest BCUT2D eigenvalue weighted by atomic mass is 32.1. The van der Waals surface area contributed by atoms with Gasteiger partial charge < -0.3 is 18.3 Å². The molecule has 0 bridgehead atoms. The van der Waals surface area contributed by atoms with Crippen LogP contribution in [0.3, 0.4) is 0 Å². The molecule has 8 heteroatoms. The fraction of sp³-hybridized carbons (Fsp3) is 0. The molecule has 0 N–H and O–H groups in total. The molecule has 0 unspecified atom stereocenters. The minimum Gasteiger partial charge on any atom is -0.309 e. The maximum atomic E-state index is 2.41. The van der Waals surface area contributed by atoms with E-state index in [1.807, 2.05) is 45.3 Å². The lowest BCUT2D eigenvalue weighted by Gasteiger charge is -2.09. The molecule has 0 aliphatic carbocycles. The SMILES string of the molecule is c1ccc2c(c1)c1ccccc1n2-c1ccc(-c2ccc3c(c2)sc2c4ccc(-c5ccc(-n6c7ccccc7c7ccccc76)cc5)cc4sc32)cc1.c1ccc2c(c1)c1ccccc1n2-c1ccc2c(c1)sc1c3ccc(-n4c5ccccc5c5ccccc54)cc3sc21. The van der Waals surface area contributed by atoms with E-state index in [2.05, 4.69) is 334 Å². The van der Waals surface area contributed by atoms with Crippen LogP contribution in [0.5, 0.6) is 0 Å². The van der Waals surface area contributed by atoms with Crippen LogP contribution in [0, 0.1) is 0 Å². The molecule has 0 atom stereocenters. The molecule has 0 aliphatic rings. The minimum atomic E-state index is 1.18. The van der Waals surface area contributed by atoms with Crippen molar-refractivity contribution < 1.29 is 0 Å². The zero-order chi connectivity index (χ0) is 62.7. The molecule has 14 aromatic carbocycles. The van der Waals surface area contributed by atoms with Crippen molar-refractivity contribution in [1.29, 1.82) is 0 Å². The molecular formula is C88H52N4S4. The quantitative estimate of drug-likeness (QED) is 0.158. The van der Waals surface area contributed by atoms with E-state index < -0.39 is 0 Å². The zero-order valence-corrected chi connectivity index (χ0v) is 54.7. The second-order valence-electron chi connectivity index (χ2n) is 25.1.